The number of rotatable bonds is 3. The van der Waals surface area contributed by atoms with Crippen molar-refractivity contribution in [1.82, 2.24) is 10.9 Å². The predicted octanol–water partition coefficient (Wildman–Crippen LogP) is 4.01. The minimum absolute atomic E-state index is 0.107. The normalized spacial score (nSPS) is 17.6. The molecule has 1 spiro atoms. The summed E-state index contributed by atoms with van der Waals surface area (Å²) in [5.41, 5.74) is 10.5. The number of amidine groups is 1. The zero-order chi connectivity index (χ0) is 17.8. The third-order valence-corrected chi connectivity index (χ3v) is 5.25. The molecule has 1 fully saturated rings. The van der Waals surface area contributed by atoms with Crippen molar-refractivity contribution in [3.05, 3.63) is 59.7 Å². The van der Waals surface area contributed by atoms with Crippen LogP contribution >= 0.6 is 0 Å². The Bertz CT molecular complexity index is 841. The van der Waals surface area contributed by atoms with Crippen molar-refractivity contribution in [2.75, 3.05) is 5.32 Å². The Morgan fingerprint density at radius 1 is 1.04 bits per heavy atom. The molecule has 132 valence electrons. The van der Waals surface area contributed by atoms with E-state index < -0.39 is 0 Å². The number of nitrogens with zero attached hydrogens (tertiary/aromatic N) is 2. The molecule has 0 saturated heterocycles. The Labute approximate surface area is 154 Å². The summed E-state index contributed by atoms with van der Waals surface area (Å²) in [6.45, 7) is 0.669. The van der Waals surface area contributed by atoms with Crippen LogP contribution in [0, 0.1) is 11.3 Å². The van der Waals surface area contributed by atoms with Crippen LogP contribution in [-0.2, 0) is 6.54 Å². The van der Waals surface area contributed by atoms with Gasteiger partial charge < -0.3 is 10.7 Å². The molecule has 1 aliphatic heterocycles. The lowest BCUT2D eigenvalue weighted by Crippen LogP contribution is -2.57. The molecule has 1 aliphatic carbocycles. The van der Waals surface area contributed by atoms with E-state index >= 15 is 0 Å². The fourth-order valence-electron chi connectivity index (χ4n) is 3.81. The van der Waals surface area contributed by atoms with Crippen molar-refractivity contribution >= 4 is 17.2 Å². The van der Waals surface area contributed by atoms with E-state index in [1.807, 2.05) is 36.4 Å². The molecular formula is C21H23N5. The highest BCUT2D eigenvalue weighted by Crippen LogP contribution is 2.39. The Balaban J connectivity index is 1.50. The van der Waals surface area contributed by atoms with E-state index in [4.69, 9.17) is 10.3 Å². The van der Waals surface area contributed by atoms with Crippen molar-refractivity contribution in [2.24, 2.45) is 4.99 Å². The number of para-hydroxylation sites is 2. The van der Waals surface area contributed by atoms with Gasteiger partial charge in [-0.2, -0.15) is 5.26 Å². The van der Waals surface area contributed by atoms with Crippen LogP contribution in [0.2, 0.25) is 0 Å². The third-order valence-electron chi connectivity index (χ3n) is 5.25. The maximum atomic E-state index is 8.89. The number of anilines is 1. The zero-order valence-corrected chi connectivity index (χ0v) is 14.8. The van der Waals surface area contributed by atoms with Crippen molar-refractivity contribution in [3.8, 4) is 6.07 Å². The highest BCUT2D eigenvalue weighted by Gasteiger charge is 2.40. The van der Waals surface area contributed by atoms with Gasteiger partial charge in [0.05, 0.1) is 28.5 Å². The van der Waals surface area contributed by atoms with E-state index in [0.29, 0.717) is 12.1 Å². The molecule has 3 N–H and O–H groups in total. The van der Waals surface area contributed by atoms with E-state index in [-0.39, 0.29) is 5.54 Å². The van der Waals surface area contributed by atoms with Crippen LogP contribution in [0.25, 0.3) is 0 Å². The summed E-state index contributed by atoms with van der Waals surface area (Å²) < 4.78 is 0. The Hall–Kier alpha value is -2.84. The molecule has 5 heteroatoms. The second kappa shape index (κ2) is 7.19. The fraction of sp³-hybridized carbons (Fsp3) is 0.333. The van der Waals surface area contributed by atoms with Gasteiger partial charge in [0.2, 0.25) is 0 Å². The lowest BCUT2D eigenvalue weighted by Gasteiger charge is -2.42. The first-order valence-electron chi connectivity index (χ1n) is 9.23. The van der Waals surface area contributed by atoms with E-state index in [1.54, 1.807) is 0 Å². The number of benzene rings is 2. The van der Waals surface area contributed by atoms with E-state index in [9.17, 15) is 0 Å². The minimum Gasteiger partial charge on any atom is -0.371 e. The molecule has 2 aromatic rings. The molecule has 0 aromatic heterocycles. The number of hydrogen-bond donors (Lipinski definition) is 3. The van der Waals surface area contributed by atoms with Crippen LogP contribution in [-0.4, -0.2) is 11.4 Å². The zero-order valence-electron chi connectivity index (χ0n) is 14.8. The fourth-order valence-corrected chi connectivity index (χ4v) is 3.81. The molecule has 0 radical (unpaired) electrons. The molecule has 0 bridgehead atoms. The van der Waals surface area contributed by atoms with Gasteiger partial charge in [0.25, 0.3) is 0 Å². The minimum atomic E-state index is -0.107. The molecule has 5 nitrogen and oxygen atoms in total. The van der Waals surface area contributed by atoms with Crippen LogP contribution in [0.4, 0.5) is 11.4 Å². The maximum absolute atomic E-state index is 8.89. The smallest absolute Gasteiger partial charge is 0.142 e. The van der Waals surface area contributed by atoms with Crippen LogP contribution in [0.3, 0.4) is 0 Å². The largest absolute Gasteiger partial charge is 0.371 e. The van der Waals surface area contributed by atoms with Crippen molar-refractivity contribution in [3.63, 3.8) is 0 Å². The van der Waals surface area contributed by atoms with Crippen LogP contribution in [0.15, 0.2) is 53.5 Å². The summed E-state index contributed by atoms with van der Waals surface area (Å²) >= 11 is 0. The first kappa shape index (κ1) is 16.6. The average Bonchev–Trinajstić information content (AvgIpc) is 2.69. The second-order valence-corrected chi connectivity index (χ2v) is 7.03. The molecule has 0 unspecified atom stereocenters. The first-order chi connectivity index (χ1) is 12.8. The molecule has 4 rings (SSSR count). The summed E-state index contributed by atoms with van der Waals surface area (Å²) in [5.74, 6) is 0.976. The second-order valence-electron chi connectivity index (χ2n) is 7.03. The monoisotopic (exact) mass is 345 g/mol. The van der Waals surface area contributed by atoms with Crippen LogP contribution in [0.1, 0.15) is 43.2 Å². The summed E-state index contributed by atoms with van der Waals surface area (Å²) in [6.07, 6.45) is 5.89. The number of nitrogens with one attached hydrogen (secondary N) is 3. The van der Waals surface area contributed by atoms with E-state index in [2.05, 4.69) is 34.4 Å². The topological polar surface area (TPSA) is 72.2 Å². The Morgan fingerprint density at radius 2 is 1.81 bits per heavy atom. The SMILES string of the molecule is N#Cc1ccc(CNNC2=Nc3ccccc3NC23CCCCC3)cc1. The molecular weight excluding hydrogens is 322 g/mol. The summed E-state index contributed by atoms with van der Waals surface area (Å²) in [5, 5.41) is 12.7. The standard InChI is InChI=1S/C21H23N5/c22-14-16-8-10-17(11-9-16)15-23-26-20-21(12-4-1-5-13-21)25-19-7-3-2-6-18(19)24-20/h2-3,6-11,23,25H,1,4-5,12-13,15H2,(H,24,26). The van der Waals surface area contributed by atoms with Crippen LogP contribution in [0.5, 0.6) is 0 Å². The van der Waals surface area contributed by atoms with Gasteiger partial charge in [0.15, 0.2) is 0 Å². The van der Waals surface area contributed by atoms with Gasteiger partial charge in [-0.1, -0.05) is 43.5 Å². The van der Waals surface area contributed by atoms with E-state index in [0.717, 1.165) is 35.6 Å². The summed E-state index contributed by atoms with van der Waals surface area (Å²) in [7, 11) is 0. The quantitative estimate of drug-likeness (QED) is 0.735. The number of hydrazine groups is 1. The summed E-state index contributed by atoms with van der Waals surface area (Å²) in [4.78, 5) is 4.92. The average molecular weight is 345 g/mol. The number of hydrogen-bond acceptors (Lipinski definition) is 5. The van der Waals surface area contributed by atoms with Gasteiger partial charge in [0.1, 0.15) is 5.84 Å². The van der Waals surface area contributed by atoms with Gasteiger partial charge in [-0.15, -0.1) is 0 Å². The number of aliphatic imine (C=N–C) groups is 1. The summed E-state index contributed by atoms with van der Waals surface area (Å²) in [6, 6.07) is 18.0. The third kappa shape index (κ3) is 3.29. The molecule has 26 heavy (non-hydrogen) atoms. The van der Waals surface area contributed by atoms with Gasteiger partial charge >= 0.3 is 0 Å². The molecule has 0 atom stereocenters. The highest BCUT2D eigenvalue weighted by molar-refractivity contribution is 6.00. The van der Waals surface area contributed by atoms with Gasteiger partial charge in [-0.25, -0.2) is 10.4 Å². The maximum Gasteiger partial charge on any atom is 0.142 e. The van der Waals surface area contributed by atoms with E-state index in [1.165, 1.54) is 19.3 Å². The van der Waals surface area contributed by atoms with Crippen molar-refractivity contribution < 1.29 is 0 Å². The Morgan fingerprint density at radius 3 is 2.58 bits per heavy atom. The number of nitriles is 1. The van der Waals surface area contributed by atoms with Crippen molar-refractivity contribution in [2.45, 2.75) is 44.2 Å². The molecule has 1 saturated carbocycles. The molecule has 0 amide bonds. The lowest BCUT2D eigenvalue weighted by molar-refractivity contribution is 0.391. The van der Waals surface area contributed by atoms with Crippen molar-refractivity contribution in [1.29, 1.82) is 5.26 Å². The van der Waals surface area contributed by atoms with Gasteiger partial charge in [-0.05, 0) is 42.7 Å². The predicted molar refractivity (Wildman–Crippen MR) is 104 cm³/mol. The first-order valence-corrected chi connectivity index (χ1v) is 9.23. The molecule has 1 heterocycles. The van der Waals surface area contributed by atoms with Crippen LogP contribution < -0.4 is 16.2 Å². The number of fused-ring (bicyclic) bond motifs is 1. The van der Waals surface area contributed by atoms with Gasteiger partial charge in [0, 0.05) is 6.54 Å². The molecule has 2 aromatic carbocycles. The lowest BCUT2D eigenvalue weighted by atomic mass is 9.79. The Kier molecular flexibility index (Phi) is 4.59. The molecule has 2 aliphatic rings. The highest BCUT2D eigenvalue weighted by atomic mass is 15.4. The van der Waals surface area contributed by atoms with Gasteiger partial charge in [-0.3, -0.25) is 0 Å².